The van der Waals surface area contributed by atoms with Crippen LogP contribution < -0.4 is 11.3 Å². The van der Waals surface area contributed by atoms with E-state index in [0.717, 1.165) is 0 Å². The molecule has 0 spiro atoms. The smallest absolute Gasteiger partial charge is 0.325 e. The molecule has 0 bridgehead atoms. The predicted molar refractivity (Wildman–Crippen MR) is 66.1 cm³/mol. The predicted octanol–water partition coefficient (Wildman–Crippen LogP) is 0.727. The van der Waals surface area contributed by atoms with Gasteiger partial charge in [-0.3, -0.25) is 10.6 Å². The van der Waals surface area contributed by atoms with Crippen molar-refractivity contribution in [2.45, 2.75) is 31.7 Å². The molecule has 1 aromatic carbocycles. The molecule has 0 saturated carbocycles. The van der Waals surface area contributed by atoms with Crippen LogP contribution in [0.15, 0.2) is 18.2 Å². The van der Waals surface area contributed by atoms with Gasteiger partial charge in [-0.25, -0.2) is 5.43 Å². The van der Waals surface area contributed by atoms with Crippen LogP contribution in [0.2, 0.25) is 0 Å². The third kappa shape index (κ3) is 2.91. The Labute approximate surface area is 105 Å². The number of nitrogens with one attached hydrogen (secondary N) is 1. The van der Waals surface area contributed by atoms with Crippen molar-refractivity contribution >= 4 is 5.97 Å². The molecular formula is C12H18N2O4. The normalized spacial score (nSPS) is 14.1. The summed E-state index contributed by atoms with van der Waals surface area (Å²) in [5.74, 6) is 4.17. The van der Waals surface area contributed by atoms with Crippen LogP contribution in [-0.4, -0.2) is 26.8 Å². The number of hydrazine groups is 1. The molecule has 1 unspecified atom stereocenters. The molecule has 100 valence electrons. The van der Waals surface area contributed by atoms with E-state index in [2.05, 4.69) is 5.43 Å². The standard InChI is InChI=1S/C12H18N2O4/c1-2-5-12(14-13,11(17)18)7-8-6-9(15)3-4-10(8)16/h3-4,6,14-16H,2,5,7,13H2,1H3,(H,17,18). The van der Waals surface area contributed by atoms with Crippen molar-refractivity contribution in [3.8, 4) is 11.5 Å². The third-order valence-corrected chi connectivity index (χ3v) is 2.92. The topological polar surface area (TPSA) is 116 Å². The molecule has 6 nitrogen and oxygen atoms in total. The molecule has 0 aliphatic rings. The van der Waals surface area contributed by atoms with Gasteiger partial charge < -0.3 is 15.3 Å². The van der Waals surface area contributed by atoms with Crippen molar-refractivity contribution in [2.24, 2.45) is 5.84 Å². The minimum Gasteiger partial charge on any atom is -0.508 e. The van der Waals surface area contributed by atoms with Gasteiger partial charge in [-0.15, -0.1) is 0 Å². The Balaban J connectivity index is 3.09. The lowest BCUT2D eigenvalue weighted by Crippen LogP contribution is -2.57. The van der Waals surface area contributed by atoms with Crippen molar-refractivity contribution in [3.05, 3.63) is 23.8 Å². The molecule has 0 fully saturated rings. The van der Waals surface area contributed by atoms with Crippen molar-refractivity contribution in [2.75, 3.05) is 0 Å². The Kier molecular flexibility index (Phi) is 4.52. The lowest BCUT2D eigenvalue weighted by molar-refractivity contribution is -0.145. The number of carboxylic acids is 1. The summed E-state index contributed by atoms with van der Waals surface area (Å²) in [5, 5.41) is 28.3. The maximum Gasteiger partial charge on any atom is 0.325 e. The number of carboxylic acid groups (broad SMARTS) is 1. The van der Waals surface area contributed by atoms with Crippen LogP contribution in [0.25, 0.3) is 0 Å². The molecule has 1 atom stereocenters. The SMILES string of the molecule is CCCC(Cc1cc(O)ccc1O)(NN)C(=O)O. The molecule has 0 aliphatic carbocycles. The highest BCUT2D eigenvalue weighted by Gasteiger charge is 2.37. The van der Waals surface area contributed by atoms with Crippen molar-refractivity contribution in [1.82, 2.24) is 5.43 Å². The molecule has 1 aromatic rings. The fourth-order valence-corrected chi connectivity index (χ4v) is 1.92. The van der Waals surface area contributed by atoms with Gasteiger partial charge in [0, 0.05) is 6.42 Å². The molecule has 6 heteroatoms. The first-order chi connectivity index (χ1) is 8.45. The van der Waals surface area contributed by atoms with Crippen LogP contribution in [0.1, 0.15) is 25.3 Å². The molecule has 0 radical (unpaired) electrons. The van der Waals surface area contributed by atoms with Crippen LogP contribution in [0.3, 0.4) is 0 Å². The Morgan fingerprint density at radius 3 is 2.61 bits per heavy atom. The van der Waals surface area contributed by atoms with Crippen LogP contribution in [0, 0.1) is 0 Å². The Morgan fingerprint density at radius 2 is 2.11 bits per heavy atom. The summed E-state index contributed by atoms with van der Waals surface area (Å²) in [5.41, 5.74) is 1.31. The van der Waals surface area contributed by atoms with Gasteiger partial charge >= 0.3 is 5.97 Å². The second-order valence-electron chi connectivity index (χ2n) is 4.27. The first kappa shape index (κ1) is 14.3. The highest BCUT2D eigenvalue weighted by molar-refractivity contribution is 5.79. The summed E-state index contributed by atoms with van der Waals surface area (Å²) in [6.45, 7) is 1.84. The largest absolute Gasteiger partial charge is 0.508 e. The number of phenols is 2. The van der Waals surface area contributed by atoms with E-state index < -0.39 is 11.5 Å². The number of hydrogen-bond acceptors (Lipinski definition) is 5. The zero-order valence-corrected chi connectivity index (χ0v) is 10.2. The number of carbonyl (C=O) groups is 1. The van der Waals surface area contributed by atoms with E-state index in [0.29, 0.717) is 18.4 Å². The van der Waals surface area contributed by atoms with E-state index >= 15 is 0 Å². The van der Waals surface area contributed by atoms with Gasteiger partial charge in [-0.05, 0) is 30.2 Å². The Hall–Kier alpha value is -1.79. The average molecular weight is 254 g/mol. The number of phenolic OH excluding ortho intramolecular Hbond substituents is 2. The van der Waals surface area contributed by atoms with Gasteiger partial charge in [0.2, 0.25) is 0 Å². The Bertz CT molecular complexity index is 436. The second kappa shape index (κ2) is 5.70. The van der Waals surface area contributed by atoms with Crippen LogP contribution in [0.5, 0.6) is 11.5 Å². The first-order valence-corrected chi connectivity index (χ1v) is 5.67. The van der Waals surface area contributed by atoms with Crippen LogP contribution >= 0.6 is 0 Å². The molecule has 0 saturated heterocycles. The van der Waals surface area contributed by atoms with E-state index in [4.69, 9.17) is 5.84 Å². The fourth-order valence-electron chi connectivity index (χ4n) is 1.92. The zero-order chi connectivity index (χ0) is 13.8. The quantitative estimate of drug-likeness (QED) is 0.290. The molecule has 18 heavy (non-hydrogen) atoms. The maximum atomic E-state index is 11.4. The minimum absolute atomic E-state index is 0.00704. The molecular weight excluding hydrogens is 236 g/mol. The van der Waals surface area contributed by atoms with E-state index in [-0.39, 0.29) is 17.9 Å². The molecule has 0 aliphatic heterocycles. The molecule has 0 amide bonds. The van der Waals surface area contributed by atoms with Crippen LogP contribution in [0.4, 0.5) is 0 Å². The van der Waals surface area contributed by atoms with Gasteiger partial charge in [-0.1, -0.05) is 13.3 Å². The number of aliphatic carboxylic acids is 1. The number of hydrogen-bond donors (Lipinski definition) is 5. The molecule has 6 N–H and O–H groups in total. The monoisotopic (exact) mass is 254 g/mol. The Morgan fingerprint density at radius 1 is 1.44 bits per heavy atom. The number of benzene rings is 1. The lowest BCUT2D eigenvalue weighted by Gasteiger charge is -2.28. The molecule has 1 rings (SSSR count). The summed E-state index contributed by atoms with van der Waals surface area (Å²) < 4.78 is 0. The van der Waals surface area contributed by atoms with Gasteiger partial charge in [0.1, 0.15) is 17.0 Å². The summed E-state index contributed by atoms with van der Waals surface area (Å²) in [6, 6.07) is 3.98. The highest BCUT2D eigenvalue weighted by atomic mass is 16.4. The van der Waals surface area contributed by atoms with E-state index in [1.165, 1.54) is 18.2 Å². The van der Waals surface area contributed by atoms with Crippen molar-refractivity contribution < 1.29 is 20.1 Å². The second-order valence-corrected chi connectivity index (χ2v) is 4.27. The number of aromatic hydroxyl groups is 2. The van der Waals surface area contributed by atoms with Gasteiger partial charge in [0.15, 0.2) is 0 Å². The number of rotatable bonds is 6. The summed E-state index contributed by atoms with van der Waals surface area (Å²) in [4.78, 5) is 11.4. The first-order valence-electron chi connectivity index (χ1n) is 5.67. The van der Waals surface area contributed by atoms with Crippen molar-refractivity contribution in [3.63, 3.8) is 0 Å². The molecule has 0 heterocycles. The summed E-state index contributed by atoms with van der Waals surface area (Å²) >= 11 is 0. The minimum atomic E-state index is -1.35. The average Bonchev–Trinajstić information content (AvgIpc) is 2.32. The fraction of sp³-hybridized carbons (Fsp3) is 0.417. The van der Waals surface area contributed by atoms with E-state index in [9.17, 15) is 20.1 Å². The highest BCUT2D eigenvalue weighted by Crippen LogP contribution is 2.28. The van der Waals surface area contributed by atoms with Gasteiger partial charge in [0.05, 0.1) is 0 Å². The van der Waals surface area contributed by atoms with Crippen molar-refractivity contribution in [1.29, 1.82) is 0 Å². The van der Waals surface area contributed by atoms with Gasteiger partial charge in [-0.2, -0.15) is 0 Å². The molecule has 0 aromatic heterocycles. The zero-order valence-electron chi connectivity index (χ0n) is 10.2. The lowest BCUT2D eigenvalue weighted by atomic mass is 9.87. The van der Waals surface area contributed by atoms with E-state index in [1.54, 1.807) is 0 Å². The summed E-state index contributed by atoms with van der Waals surface area (Å²) in [7, 11) is 0. The third-order valence-electron chi connectivity index (χ3n) is 2.92. The van der Waals surface area contributed by atoms with Crippen LogP contribution in [-0.2, 0) is 11.2 Å². The maximum absolute atomic E-state index is 11.4. The van der Waals surface area contributed by atoms with E-state index in [1.807, 2.05) is 6.92 Å². The summed E-state index contributed by atoms with van der Waals surface area (Å²) in [6.07, 6.45) is 0.927. The number of nitrogens with two attached hydrogens (primary N) is 1. The van der Waals surface area contributed by atoms with Gasteiger partial charge in [0.25, 0.3) is 0 Å².